The minimum atomic E-state index is -4.83. The largest absolute Gasteiger partial charge is 0.573 e. The maximum absolute atomic E-state index is 11.9. The molecule has 1 aromatic carbocycles. The first-order valence-corrected chi connectivity index (χ1v) is 4.06. The third-order valence-corrected chi connectivity index (χ3v) is 1.72. The van der Waals surface area contributed by atoms with Crippen LogP contribution in [0.2, 0.25) is 5.02 Å². The molecule has 1 aromatic rings. The number of nitrogens with one attached hydrogen (secondary N) is 1. The van der Waals surface area contributed by atoms with E-state index in [0.717, 1.165) is 6.07 Å². The summed E-state index contributed by atoms with van der Waals surface area (Å²) in [6.07, 6.45) is -4.62. The van der Waals surface area contributed by atoms with Gasteiger partial charge in [0.2, 0.25) is 6.41 Å². The van der Waals surface area contributed by atoms with Crippen molar-refractivity contribution >= 4 is 23.7 Å². The maximum Gasteiger partial charge on any atom is 0.573 e. The van der Waals surface area contributed by atoms with Gasteiger partial charge in [0.15, 0.2) is 5.75 Å². The van der Waals surface area contributed by atoms with Crippen LogP contribution in [-0.4, -0.2) is 12.8 Å². The lowest BCUT2D eigenvalue weighted by Crippen LogP contribution is -2.18. The molecule has 0 atom stereocenters. The first kappa shape index (κ1) is 11.6. The zero-order valence-electron chi connectivity index (χ0n) is 7.14. The van der Waals surface area contributed by atoms with Gasteiger partial charge in [-0.15, -0.1) is 13.2 Å². The van der Waals surface area contributed by atoms with Crippen LogP contribution in [0.1, 0.15) is 0 Å². The van der Waals surface area contributed by atoms with Gasteiger partial charge < -0.3 is 10.1 Å². The molecule has 15 heavy (non-hydrogen) atoms. The quantitative estimate of drug-likeness (QED) is 0.824. The van der Waals surface area contributed by atoms with Crippen LogP contribution in [0.4, 0.5) is 18.9 Å². The minimum Gasteiger partial charge on any atom is -0.404 e. The van der Waals surface area contributed by atoms with Crippen molar-refractivity contribution in [3.05, 3.63) is 23.2 Å². The van der Waals surface area contributed by atoms with Gasteiger partial charge >= 0.3 is 6.36 Å². The summed E-state index contributed by atoms with van der Waals surface area (Å²) >= 11 is 5.57. The van der Waals surface area contributed by atoms with Crippen molar-refractivity contribution in [2.45, 2.75) is 6.36 Å². The number of hydrogen-bond acceptors (Lipinski definition) is 2. The van der Waals surface area contributed by atoms with Gasteiger partial charge in [0.25, 0.3) is 0 Å². The van der Waals surface area contributed by atoms with Gasteiger partial charge in [-0.25, -0.2) is 0 Å². The average molecular weight is 240 g/mol. The molecular formula is C8H5ClF3NO2. The summed E-state index contributed by atoms with van der Waals surface area (Å²) in [7, 11) is 0. The number of para-hydroxylation sites is 1. The van der Waals surface area contributed by atoms with Crippen molar-refractivity contribution in [1.29, 1.82) is 0 Å². The van der Waals surface area contributed by atoms with Crippen molar-refractivity contribution < 1.29 is 22.7 Å². The Kier molecular flexibility index (Phi) is 3.41. The summed E-state index contributed by atoms with van der Waals surface area (Å²) in [5.74, 6) is -0.554. The van der Waals surface area contributed by atoms with E-state index in [9.17, 15) is 18.0 Å². The Labute approximate surface area is 87.8 Å². The molecule has 82 valence electrons. The van der Waals surface area contributed by atoms with Crippen LogP contribution in [0.25, 0.3) is 0 Å². The number of alkyl halides is 3. The van der Waals surface area contributed by atoms with Gasteiger partial charge in [0, 0.05) is 0 Å². The van der Waals surface area contributed by atoms with E-state index in [0.29, 0.717) is 0 Å². The molecule has 0 aliphatic heterocycles. The van der Waals surface area contributed by atoms with E-state index in [1.807, 2.05) is 5.32 Å². The molecule has 0 bridgehead atoms. The van der Waals surface area contributed by atoms with Gasteiger partial charge in [-0.1, -0.05) is 17.7 Å². The fraction of sp³-hybridized carbons (Fsp3) is 0.125. The molecule has 1 N–H and O–H groups in total. The molecule has 0 aromatic heterocycles. The van der Waals surface area contributed by atoms with E-state index in [4.69, 9.17) is 11.6 Å². The summed E-state index contributed by atoms with van der Waals surface area (Å²) in [4.78, 5) is 10.1. The number of carbonyl (C=O) groups is 1. The minimum absolute atomic E-state index is 0.0381. The molecule has 0 heterocycles. The summed E-state index contributed by atoms with van der Waals surface area (Å²) in [5, 5.41) is 1.99. The highest BCUT2D eigenvalue weighted by Gasteiger charge is 2.32. The third-order valence-electron chi connectivity index (χ3n) is 1.40. The maximum atomic E-state index is 11.9. The molecule has 7 heteroatoms. The molecule has 1 rings (SSSR count). The second-order valence-corrected chi connectivity index (χ2v) is 2.83. The van der Waals surface area contributed by atoms with Crippen molar-refractivity contribution in [2.75, 3.05) is 5.32 Å². The lowest BCUT2D eigenvalue weighted by atomic mass is 10.3. The van der Waals surface area contributed by atoms with E-state index < -0.39 is 12.1 Å². The van der Waals surface area contributed by atoms with Crippen molar-refractivity contribution in [3.8, 4) is 5.75 Å². The predicted molar refractivity (Wildman–Crippen MR) is 47.8 cm³/mol. The molecule has 0 radical (unpaired) electrons. The third kappa shape index (κ3) is 3.32. The lowest BCUT2D eigenvalue weighted by molar-refractivity contribution is -0.274. The Morgan fingerprint density at radius 1 is 1.40 bits per heavy atom. The van der Waals surface area contributed by atoms with Crippen molar-refractivity contribution in [2.24, 2.45) is 0 Å². The van der Waals surface area contributed by atoms with Gasteiger partial charge in [0.05, 0.1) is 5.02 Å². The summed E-state index contributed by atoms with van der Waals surface area (Å²) in [6.45, 7) is 0. The molecule has 0 aliphatic rings. The molecule has 0 unspecified atom stereocenters. The number of amides is 1. The summed E-state index contributed by atoms with van der Waals surface area (Å²) in [6, 6.07) is 3.65. The number of hydrogen-bond donors (Lipinski definition) is 1. The number of halogens is 4. The normalized spacial score (nSPS) is 10.9. The van der Waals surface area contributed by atoms with Crippen molar-refractivity contribution in [1.82, 2.24) is 0 Å². The van der Waals surface area contributed by atoms with Crippen molar-refractivity contribution in [3.63, 3.8) is 0 Å². The number of anilines is 1. The molecule has 1 amide bonds. The van der Waals surface area contributed by atoms with E-state index in [1.54, 1.807) is 0 Å². The zero-order valence-corrected chi connectivity index (χ0v) is 7.89. The van der Waals surface area contributed by atoms with Crippen LogP contribution in [0, 0.1) is 0 Å². The summed E-state index contributed by atoms with van der Waals surface area (Å²) in [5.41, 5.74) is -0.216. The molecule has 0 saturated carbocycles. The van der Waals surface area contributed by atoms with Crippen LogP contribution < -0.4 is 10.1 Å². The number of rotatable bonds is 3. The number of carbonyl (C=O) groups excluding carboxylic acids is 1. The van der Waals surface area contributed by atoms with Gasteiger partial charge in [-0.05, 0) is 12.1 Å². The van der Waals surface area contributed by atoms with Gasteiger partial charge in [-0.3, -0.25) is 4.79 Å². The van der Waals surface area contributed by atoms with Crippen LogP contribution >= 0.6 is 11.6 Å². The summed E-state index contributed by atoms with van der Waals surface area (Å²) < 4.78 is 39.4. The highest BCUT2D eigenvalue weighted by atomic mass is 35.5. The Morgan fingerprint density at radius 2 is 2.07 bits per heavy atom. The van der Waals surface area contributed by atoms with E-state index in [2.05, 4.69) is 4.74 Å². The smallest absolute Gasteiger partial charge is 0.404 e. The van der Waals surface area contributed by atoms with Crippen LogP contribution in [0.15, 0.2) is 18.2 Å². The predicted octanol–water partition coefficient (Wildman–Crippen LogP) is 2.81. The Balaban J connectivity index is 3.05. The highest BCUT2D eigenvalue weighted by molar-refractivity contribution is 6.33. The van der Waals surface area contributed by atoms with Gasteiger partial charge in [-0.2, -0.15) is 0 Å². The molecule has 3 nitrogen and oxygen atoms in total. The first-order valence-electron chi connectivity index (χ1n) is 3.68. The van der Waals surface area contributed by atoms with Gasteiger partial charge in [0.1, 0.15) is 5.69 Å². The zero-order chi connectivity index (χ0) is 11.5. The molecule has 0 saturated heterocycles. The Hall–Kier alpha value is -1.43. The van der Waals surface area contributed by atoms with E-state index >= 15 is 0 Å². The van der Waals surface area contributed by atoms with Crippen LogP contribution in [0.3, 0.4) is 0 Å². The second kappa shape index (κ2) is 4.39. The molecule has 0 spiro atoms. The number of benzene rings is 1. The SMILES string of the molecule is O=CNc1c(Cl)cccc1OC(F)(F)F. The standard InChI is InChI=1S/C8H5ClF3NO2/c9-5-2-1-3-6(7(5)13-4-14)15-8(10,11)12/h1-4H,(H,13,14). The highest BCUT2D eigenvalue weighted by Crippen LogP contribution is 2.35. The second-order valence-electron chi connectivity index (χ2n) is 2.42. The Bertz CT molecular complexity index is 367. The van der Waals surface area contributed by atoms with Crippen LogP contribution in [0.5, 0.6) is 5.75 Å². The molecule has 0 fully saturated rings. The first-order chi connectivity index (χ1) is 6.94. The Morgan fingerprint density at radius 3 is 2.60 bits per heavy atom. The van der Waals surface area contributed by atoms with E-state index in [1.165, 1.54) is 12.1 Å². The fourth-order valence-corrected chi connectivity index (χ4v) is 1.13. The fourth-order valence-electron chi connectivity index (χ4n) is 0.913. The molecular weight excluding hydrogens is 235 g/mol. The topological polar surface area (TPSA) is 38.3 Å². The number of ether oxygens (including phenoxy) is 1. The molecule has 0 aliphatic carbocycles. The van der Waals surface area contributed by atoms with Crippen LogP contribution in [-0.2, 0) is 4.79 Å². The average Bonchev–Trinajstić information content (AvgIpc) is 2.08. The monoisotopic (exact) mass is 239 g/mol. The van der Waals surface area contributed by atoms with E-state index in [-0.39, 0.29) is 17.1 Å². The lowest BCUT2D eigenvalue weighted by Gasteiger charge is -2.13.